The first-order valence-corrected chi connectivity index (χ1v) is 6.10. The first-order chi connectivity index (χ1) is 6.53. The Hall–Kier alpha value is -0.220. The molecule has 0 aromatic carbocycles. The zero-order chi connectivity index (χ0) is 10.6. The average Bonchev–Trinajstić information content (AvgIpc) is 2.48. The summed E-state index contributed by atoms with van der Waals surface area (Å²) in [5, 5.41) is 4.39. The van der Waals surface area contributed by atoms with Gasteiger partial charge in [-0.1, -0.05) is 11.8 Å². The van der Waals surface area contributed by atoms with Crippen LogP contribution in [0.15, 0.2) is 4.99 Å². The van der Waals surface area contributed by atoms with E-state index in [1.807, 2.05) is 6.92 Å². The van der Waals surface area contributed by atoms with Crippen LogP contribution in [-0.2, 0) is 4.74 Å². The number of nitrogens with one attached hydrogen (secondary N) is 1. The molecule has 4 heteroatoms. The molecule has 0 amide bonds. The van der Waals surface area contributed by atoms with Gasteiger partial charge in [0.15, 0.2) is 5.17 Å². The maximum absolute atomic E-state index is 5.57. The molecule has 1 atom stereocenters. The molecule has 1 rings (SSSR count). The molecule has 1 N–H and O–H groups in total. The lowest BCUT2D eigenvalue weighted by atomic mass is 10.1. The number of amidine groups is 1. The predicted octanol–water partition coefficient (Wildman–Crippen LogP) is 1.88. The minimum absolute atomic E-state index is 0.143. The van der Waals surface area contributed by atoms with Crippen LogP contribution in [0.25, 0.3) is 0 Å². The summed E-state index contributed by atoms with van der Waals surface area (Å²) in [4.78, 5) is 4.51. The van der Waals surface area contributed by atoms with Crippen molar-refractivity contribution in [3.8, 4) is 0 Å². The zero-order valence-electron chi connectivity index (χ0n) is 9.46. The van der Waals surface area contributed by atoms with Gasteiger partial charge in [-0.3, -0.25) is 4.99 Å². The van der Waals surface area contributed by atoms with E-state index < -0.39 is 0 Å². The molecule has 14 heavy (non-hydrogen) atoms. The summed E-state index contributed by atoms with van der Waals surface area (Å²) in [6.07, 6.45) is 0. The number of hydrogen-bond acceptors (Lipinski definition) is 3. The smallest absolute Gasteiger partial charge is 0.156 e. The van der Waals surface area contributed by atoms with Crippen molar-refractivity contribution in [3.63, 3.8) is 0 Å². The van der Waals surface area contributed by atoms with Gasteiger partial charge in [-0.15, -0.1) is 0 Å². The lowest BCUT2D eigenvalue weighted by Crippen LogP contribution is -2.30. The van der Waals surface area contributed by atoms with Crippen molar-refractivity contribution in [3.05, 3.63) is 0 Å². The molecular formula is C10H20N2OS. The molecule has 0 radical (unpaired) electrons. The van der Waals surface area contributed by atoms with E-state index >= 15 is 0 Å². The second-order valence-corrected chi connectivity index (χ2v) is 5.18. The third kappa shape index (κ3) is 3.88. The van der Waals surface area contributed by atoms with Crippen LogP contribution in [0.3, 0.4) is 0 Å². The minimum Gasteiger partial charge on any atom is -0.374 e. The SMILES string of the molecule is CCOC(C)(C)CN=C1NC(C)CS1. The largest absolute Gasteiger partial charge is 0.374 e. The lowest BCUT2D eigenvalue weighted by molar-refractivity contribution is -0.00207. The van der Waals surface area contributed by atoms with Gasteiger partial charge in [0.25, 0.3) is 0 Å². The van der Waals surface area contributed by atoms with Gasteiger partial charge in [0.05, 0.1) is 12.1 Å². The Balaban J connectivity index is 2.38. The molecule has 1 fully saturated rings. The molecule has 1 aliphatic heterocycles. The quantitative estimate of drug-likeness (QED) is 0.779. The highest BCUT2D eigenvalue weighted by Crippen LogP contribution is 2.15. The van der Waals surface area contributed by atoms with Gasteiger partial charge in [-0.05, 0) is 27.7 Å². The fraction of sp³-hybridized carbons (Fsp3) is 0.900. The number of nitrogens with zero attached hydrogens (tertiary/aromatic N) is 1. The first kappa shape index (κ1) is 11.9. The zero-order valence-corrected chi connectivity index (χ0v) is 10.3. The molecule has 0 bridgehead atoms. The third-order valence-electron chi connectivity index (χ3n) is 1.98. The van der Waals surface area contributed by atoms with Crippen molar-refractivity contribution in [2.75, 3.05) is 18.9 Å². The summed E-state index contributed by atoms with van der Waals surface area (Å²) in [7, 11) is 0. The van der Waals surface area contributed by atoms with E-state index in [0.29, 0.717) is 6.04 Å². The van der Waals surface area contributed by atoms with Crippen LogP contribution in [-0.4, -0.2) is 35.7 Å². The molecule has 82 valence electrons. The number of aliphatic imine (C=N–C) groups is 1. The molecule has 0 spiro atoms. The second-order valence-electron chi connectivity index (χ2n) is 4.17. The molecule has 1 saturated heterocycles. The molecule has 1 heterocycles. The molecule has 1 aliphatic rings. The van der Waals surface area contributed by atoms with E-state index in [1.165, 1.54) is 0 Å². The summed E-state index contributed by atoms with van der Waals surface area (Å²) >= 11 is 1.79. The molecule has 0 aromatic rings. The number of hydrogen-bond donors (Lipinski definition) is 1. The highest BCUT2D eigenvalue weighted by molar-refractivity contribution is 8.14. The number of ether oxygens (including phenoxy) is 1. The molecule has 1 unspecified atom stereocenters. The van der Waals surface area contributed by atoms with E-state index in [1.54, 1.807) is 11.8 Å². The average molecular weight is 216 g/mol. The summed E-state index contributed by atoms with van der Waals surface area (Å²) in [6.45, 7) is 9.80. The van der Waals surface area contributed by atoms with Crippen LogP contribution in [0.4, 0.5) is 0 Å². The van der Waals surface area contributed by atoms with Crippen LogP contribution < -0.4 is 5.32 Å². The van der Waals surface area contributed by atoms with E-state index in [-0.39, 0.29) is 5.60 Å². The number of thioether (sulfide) groups is 1. The minimum atomic E-state index is -0.143. The van der Waals surface area contributed by atoms with Crippen molar-refractivity contribution in [1.29, 1.82) is 0 Å². The monoisotopic (exact) mass is 216 g/mol. The topological polar surface area (TPSA) is 33.6 Å². The van der Waals surface area contributed by atoms with E-state index in [2.05, 4.69) is 31.1 Å². The van der Waals surface area contributed by atoms with Crippen molar-refractivity contribution in [1.82, 2.24) is 5.32 Å². The fourth-order valence-electron chi connectivity index (χ4n) is 1.29. The van der Waals surface area contributed by atoms with Crippen molar-refractivity contribution < 1.29 is 4.74 Å². The summed E-state index contributed by atoms with van der Waals surface area (Å²) < 4.78 is 5.57. The summed E-state index contributed by atoms with van der Waals surface area (Å²) in [6, 6.07) is 0.550. The van der Waals surface area contributed by atoms with Crippen LogP contribution >= 0.6 is 11.8 Å². The van der Waals surface area contributed by atoms with Crippen LogP contribution in [0.1, 0.15) is 27.7 Å². The Morgan fingerprint density at radius 1 is 1.64 bits per heavy atom. The second kappa shape index (κ2) is 5.03. The van der Waals surface area contributed by atoms with Gasteiger partial charge in [0, 0.05) is 18.4 Å². The highest BCUT2D eigenvalue weighted by Gasteiger charge is 2.20. The lowest BCUT2D eigenvalue weighted by Gasteiger charge is -2.22. The molecule has 0 aromatic heterocycles. The highest BCUT2D eigenvalue weighted by atomic mass is 32.2. The van der Waals surface area contributed by atoms with Gasteiger partial charge in [-0.25, -0.2) is 0 Å². The normalized spacial score (nSPS) is 25.4. The van der Waals surface area contributed by atoms with Gasteiger partial charge >= 0.3 is 0 Å². The summed E-state index contributed by atoms with van der Waals surface area (Å²) in [5.41, 5.74) is -0.143. The van der Waals surface area contributed by atoms with Crippen LogP contribution in [0.5, 0.6) is 0 Å². The van der Waals surface area contributed by atoms with Gasteiger partial charge in [0.2, 0.25) is 0 Å². The molecule has 3 nitrogen and oxygen atoms in total. The fourth-order valence-corrected chi connectivity index (χ4v) is 2.22. The Kier molecular flexibility index (Phi) is 4.26. The maximum atomic E-state index is 5.57. The van der Waals surface area contributed by atoms with Crippen molar-refractivity contribution in [2.45, 2.75) is 39.3 Å². The number of rotatable bonds is 4. The molecular weight excluding hydrogens is 196 g/mol. The van der Waals surface area contributed by atoms with Crippen LogP contribution in [0, 0.1) is 0 Å². The van der Waals surface area contributed by atoms with Crippen LogP contribution in [0.2, 0.25) is 0 Å². The Morgan fingerprint density at radius 2 is 2.36 bits per heavy atom. The standard InChI is InChI=1S/C10H20N2OS/c1-5-13-10(3,4)7-11-9-12-8(2)6-14-9/h8H,5-7H2,1-4H3,(H,11,12). The van der Waals surface area contributed by atoms with E-state index in [9.17, 15) is 0 Å². The van der Waals surface area contributed by atoms with Crippen molar-refractivity contribution >= 4 is 16.9 Å². The summed E-state index contributed by atoms with van der Waals surface area (Å²) in [5.74, 6) is 1.12. The third-order valence-corrected chi connectivity index (χ3v) is 3.17. The van der Waals surface area contributed by atoms with Crippen molar-refractivity contribution in [2.24, 2.45) is 4.99 Å². The van der Waals surface area contributed by atoms with E-state index in [0.717, 1.165) is 24.1 Å². The molecule has 0 aliphatic carbocycles. The Bertz CT molecular complexity index is 216. The Labute approximate surface area is 90.7 Å². The maximum Gasteiger partial charge on any atom is 0.156 e. The van der Waals surface area contributed by atoms with E-state index in [4.69, 9.17) is 4.74 Å². The van der Waals surface area contributed by atoms with Gasteiger partial charge in [-0.2, -0.15) is 0 Å². The predicted molar refractivity (Wildman–Crippen MR) is 63.1 cm³/mol. The molecule has 0 saturated carbocycles. The first-order valence-electron chi connectivity index (χ1n) is 5.11. The van der Waals surface area contributed by atoms with Gasteiger partial charge in [0.1, 0.15) is 0 Å². The Morgan fingerprint density at radius 3 is 2.86 bits per heavy atom. The van der Waals surface area contributed by atoms with Gasteiger partial charge < -0.3 is 10.1 Å².